The average molecular weight is 453 g/mol. The summed E-state index contributed by atoms with van der Waals surface area (Å²) in [7, 11) is 0. The van der Waals surface area contributed by atoms with Crippen molar-refractivity contribution in [2.75, 3.05) is 4.90 Å². The lowest BCUT2D eigenvalue weighted by Gasteiger charge is -2.45. The van der Waals surface area contributed by atoms with Gasteiger partial charge < -0.3 is 16.2 Å². The summed E-state index contributed by atoms with van der Waals surface area (Å²) >= 11 is 0. The maximum atomic E-state index is 14.2. The van der Waals surface area contributed by atoms with Crippen LogP contribution >= 0.6 is 0 Å². The van der Waals surface area contributed by atoms with Gasteiger partial charge in [-0.1, -0.05) is 12.5 Å². The van der Waals surface area contributed by atoms with E-state index in [2.05, 4.69) is 9.98 Å². The van der Waals surface area contributed by atoms with Crippen molar-refractivity contribution in [3.8, 4) is 11.5 Å². The second kappa shape index (κ2) is 7.95. The smallest absolute Gasteiger partial charge is 0.416 e. The van der Waals surface area contributed by atoms with E-state index in [0.29, 0.717) is 18.5 Å². The van der Waals surface area contributed by atoms with Crippen LogP contribution in [-0.4, -0.2) is 17.6 Å². The predicted molar refractivity (Wildman–Crippen MR) is 109 cm³/mol. The van der Waals surface area contributed by atoms with Gasteiger partial charge >= 0.3 is 6.18 Å². The largest absolute Gasteiger partial charge is 0.451 e. The molecule has 170 valence electrons. The Morgan fingerprint density at radius 3 is 2.25 bits per heavy atom. The van der Waals surface area contributed by atoms with Gasteiger partial charge in [0.15, 0.2) is 17.4 Å². The normalized spacial score (nSPS) is 18.3. The minimum atomic E-state index is -4.89. The molecule has 2 aromatic carbocycles. The van der Waals surface area contributed by atoms with E-state index in [0.717, 1.165) is 19.3 Å². The second-order valence-electron chi connectivity index (χ2n) is 7.68. The first-order valence-electron chi connectivity index (χ1n) is 9.93. The van der Waals surface area contributed by atoms with Gasteiger partial charge in [0.05, 0.1) is 5.56 Å². The fourth-order valence-electron chi connectivity index (χ4n) is 4.12. The molecule has 1 aliphatic carbocycles. The van der Waals surface area contributed by atoms with Gasteiger partial charge in [0.25, 0.3) is 0 Å². The number of aliphatic imine (C=N–C) groups is 2. The number of nitrogens with zero attached hydrogens (tertiary/aromatic N) is 3. The molecule has 1 saturated carbocycles. The molecule has 0 aromatic heterocycles. The zero-order chi connectivity index (χ0) is 23.1. The van der Waals surface area contributed by atoms with Crippen LogP contribution < -0.4 is 21.1 Å². The van der Waals surface area contributed by atoms with Crippen molar-refractivity contribution in [1.82, 2.24) is 0 Å². The van der Waals surface area contributed by atoms with Gasteiger partial charge in [-0.2, -0.15) is 18.2 Å². The number of hydrogen-bond acceptors (Lipinski definition) is 6. The fourth-order valence-corrected chi connectivity index (χ4v) is 4.12. The number of rotatable bonds is 3. The molecule has 1 spiro atoms. The highest BCUT2D eigenvalue weighted by molar-refractivity contribution is 6.05. The quantitative estimate of drug-likeness (QED) is 0.648. The number of halogens is 5. The Balaban J connectivity index is 1.68. The van der Waals surface area contributed by atoms with Gasteiger partial charge in [-0.15, -0.1) is 0 Å². The summed E-state index contributed by atoms with van der Waals surface area (Å²) in [6.07, 6.45) is -0.689. The highest BCUT2D eigenvalue weighted by Crippen LogP contribution is 2.41. The first-order chi connectivity index (χ1) is 15.1. The number of hydrogen-bond donors (Lipinski definition) is 2. The summed E-state index contributed by atoms with van der Waals surface area (Å²) in [5.74, 6) is -3.69. The Morgan fingerprint density at radius 2 is 1.62 bits per heavy atom. The standard InChI is InChI=1S/C21H20F5N5O/c22-15-9-12(21(24,25)26)10-16(23)17(15)32-14-6-4-5-13(11-14)31-19(28)29-18(27)30-20(31)7-2-1-3-8-20/h4-6,9-11H,1-3,7-8H2,(H4,27,28,29,30). The molecule has 4 rings (SSSR count). The summed E-state index contributed by atoms with van der Waals surface area (Å²) in [4.78, 5) is 10.3. The van der Waals surface area contributed by atoms with Crippen LogP contribution in [0, 0.1) is 11.6 Å². The molecule has 0 atom stereocenters. The van der Waals surface area contributed by atoms with Gasteiger partial charge in [0.1, 0.15) is 11.4 Å². The van der Waals surface area contributed by atoms with Crippen molar-refractivity contribution in [3.63, 3.8) is 0 Å². The summed E-state index contributed by atoms with van der Waals surface area (Å²) < 4.78 is 72.1. The zero-order valence-corrected chi connectivity index (χ0v) is 16.8. The Labute approximate surface area is 180 Å². The van der Waals surface area contributed by atoms with Crippen molar-refractivity contribution >= 4 is 17.6 Å². The second-order valence-corrected chi connectivity index (χ2v) is 7.68. The lowest BCUT2D eigenvalue weighted by Crippen LogP contribution is -2.58. The molecule has 1 heterocycles. The number of benzene rings is 2. The molecule has 2 aliphatic rings. The summed E-state index contributed by atoms with van der Waals surface area (Å²) in [6.45, 7) is 0. The Morgan fingerprint density at radius 1 is 0.969 bits per heavy atom. The third kappa shape index (κ3) is 4.06. The molecule has 11 heteroatoms. The number of guanidine groups is 2. The molecular formula is C21H20F5N5O. The van der Waals surface area contributed by atoms with Crippen LogP contribution in [0.4, 0.5) is 27.6 Å². The number of nitrogens with two attached hydrogens (primary N) is 2. The van der Waals surface area contributed by atoms with E-state index in [9.17, 15) is 22.0 Å². The molecular weight excluding hydrogens is 433 g/mol. The molecule has 0 amide bonds. The van der Waals surface area contributed by atoms with E-state index in [1.165, 1.54) is 12.1 Å². The lowest BCUT2D eigenvalue weighted by molar-refractivity contribution is -0.138. The topological polar surface area (TPSA) is 89.2 Å². The van der Waals surface area contributed by atoms with Crippen molar-refractivity contribution < 1.29 is 26.7 Å². The van der Waals surface area contributed by atoms with Crippen LogP contribution in [0.15, 0.2) is 46.4 Å². The molecule has 0 bridgehead atoms. The lowest BCUT2D eigenvalue weighted by atomic mass is 9.87. The molecule has 4 N–H and O–H groups in total. The summed E-state index contributed by atoms with van der Waals surface area (Å²) in [5, 5.41) is 0. The van der Waals surface area contributed by atoms with Gasteiger partial charge in [-0.05, 0) is 49.9 Å². The Kier molecular flexibility index (Phi) is 5.43. The molecule has 1 aliphatic heterocycles. The molecule has 6 nitrogen and oxygen atoms in total. The van der Waals surface area contributed by atoms with Crippen LogP contribution in [0.25, 0.3) is 0 Å². The minimum absolute atomic E-state index is 0.00124. The average Bonchev–Trinajstić information content (AvgIpc) is 2.70. The monoisotopic (exact) mass is 453 g/mol. The van der Waals surface area contributed by atoms with E-state index in [1.54, 1.807) is 17.0 Å². The van der Waals surface area contributed by atoms with E-state index in [1.807, 2.05) is 0 Å². The third-order valence-corrected chi connectivity index (χ3v) is 5.47. The minimum Gasteiger partial charge on any atom is -0.451 e. The van der Waals surface area contributed by atoms with Crippen LogP contribution in [0.3, 0.4) is 0 Å². The van der Waals surface area contributed by atoms with Crippen molar-refractivity contribution in [2.45, 2.75) is 43.9 Å². The third-order valence-electron chi connectivity index (χ3n) is 5.47. The van der Waals surface area contributed by atoms with Gasteiger partial charge in [-0.25, -0.2) is 13.8 Å². The van der Waals surface area contributed by atoms with Crippen LogP contribution in [0.1, 0.15) is 37.7 Å². The molecule has 0 saturated heterocycles. The Bertz CT molecular complexity index is 1070. The number of ether oxygens (including phenoxy) is 1. The highest BCUT2D eigenvalue weighted by Gasteiger charge is 2.42. The van der Waals surface area contributed by atoms with Gasteiger partial charge in [0.2, 0.25) is 11.9 Å². The summed E-state index contributed by atoms with van der Waals surface area (Å²) in [5.41, 5.74) is 10.3. The predicted octanol–water partition coefficient (Wildman–Crippen LogP) is 4.89. The van der Waals surface area contributed by atoms with Gasteiger partial charge in [-0.3, -0.25) is 4.90 Å². The maximum absolute atomic E-state index is 14.2. The van der Waals surface area contributed by atoms with Crippen LogP contribution in [-0.2, 0) is 6.18 Å². The SMILES string of the molecule is NC1=NC2(CCCCC2)N(c2cccc(Oc3c(F)cc(C(F)(F)F)cc3F)c2)C(N)=N1. The van der Waals surface area contributed by atoms with Crippen molar-refractivity contribution in [3.05, 3.63) is 53.6 Å². The molecule has 0 radical (unpaired) electrons. The van der Waals surface area contributed by atoms with E-state index in [-0.39, 0.29) is 29.8 Å². The molecule has 32 heavy (non-hydrogen) atoms. The molecule has 0 unspecified atom stereocenters. The maximum Gasteiger partial charge on any atom is 0.416 e. The molecule has 1 fully saturated rings. The fraction of sp³-hybridized carbons (Fsp3) is 0.333. The summed E-state index contributed by atoms with van der Waals surface area (Å²) in [6, 6.07) is 6.52. The van der Waals surface area contributed by atoms with Crippen molar-refractivity contribution in [2.24, 2.45) is 21.5 Å². The number of anilines is 1. The van der Waals surface area contributed by atoms with Crippen LogP contribution in [0.2, 0.25) is 0 Å². The molecule has 2 aromatic rings. The first-order valence-corrected chi connectivity index (χ1v) is 9.93. The zero-order valence-electron chi connectivity index (χ0n) is 16.8. The van der Waals surface area contributed by atoms with E-state index in [4.69, 9.17) is 16.2 Å². The highest BCUT2D eigenvalue weighted by atomic mass is 19.4. The first kappa shape index (κ1) is 21.8. The van der Waals surface area contributed by atoms with Gasteiger partial charge in [0, 0.05) is 11.8 Å². The van der Waals surface area contributed by atoms with E-state index >= 15 is 0 Å². The van der Waals surface area contributed by atoms with Crippen LogP contribution in [0.5, 0.6) is 11.5 Å². The van der Waals surface area contributed by atoms with Crippen molar-refractivity contribution in [1.29, 1.82) is 0 Å². The number of alkyl halides is 3. The Hall–Kier alpha value is -3.37. The van der Waals surface area contributed by atoms with E-state index < -0.39 is 34.8 Å².